The number of rotatable bonds is 51. The molecule has 1 fully saturated rings. The summed E-state index contributed by atoms with van der Waals surface area (Å²) in [5.74, 6) is -0.149. The number of hydrogen-bond donors (Lipinski definition) is 6. The van der Waals surface area contributed by atoms with Crippen LogP contribution in [0.1, 0.15) is 296 Å². The first-order valence-electron chi connectivity index (χ1n) is 29.4. The molecule has 7 unspecified atom stereocenters. The number of nitrogens with one attached hydrogen (secondary N) is 1. The molecule has 0 aliphatic carbocycles. The van der Waals surface area contributed by atoms with Gasteiger partial charge in [0.05, 0.1) is 25.4 Å². The molecule has 0 aromatic carbocycles. The molecule has 0 bridgehead atoms. The second kappa shape index (κ2) is 48.6. The number of hydrogen-bond acceptors (Lipinski definition) is 8. The lowest BCUT2D eigenvalue weighted by Crippen LogP contribution is -2.60. The van der Waals surface area contributed by atoms with E-state index in [0.29, 0.717) is 12.8 Å². The highest BCUT2D eigenvalue weighted by Crippen LogP contribution is 2.23. The van der Waals surface area contributed by atoms with E-state index in [-0.39, 0.29) is 12.5 Å². The summed E-state index contributed by atoms with van der Waals surface area (Å²) in [6.07, 6.45) is 52.6. The van der Waals surface area contributed by atoms with Crippen LogP contribution in [0.25, 0.3) is 0 Å². The topological polar surface area (TPSA) is 149 Å². The Morgan fingerprint density at radius 2 is 0.836 bits per heavy atom. The van der Waals surface area contributed by atoms with Crippen molar-refractivity contribution >= 4 is 5.91 Å². The third kappa shape index (κ3) is 38.3. The van der Waals surface area contributed by atoms with Gasteiger partial charge in [0.15, 0.2) is 6.29 Å². The van der Waals surface area contributed by atoms with Crippen molar-refractivity contribution in [2.75, 3.05) is 13.2 Å². The van der Waals surface area contributed by atoms with Gasteiger partial charge in [-0.15, -0.1) is 0 Å². The lowest BCUT2D eigenvalue weighted by Gasteiger charge is -2.40. The van der Waals surface area contributed by atoms with E-state index in [4.69, 9.17) is 9.47 Å². The van der Waals surface area contributed by atoms with Gasteiger partial charge in [-0.1, -0.05) is 264 Å². The van der Waals surface area contributed by atoms with E-state index in [9.17, 15) is 30.3 Å². The van der Waals surface area contributed by atoms with E-state index < -0.39 is 49.5 Å². The van der Waals surface area contributed by atoms with E-state index in [0.717, 1.165) is 51.4 Å². The van der Waals surface area contributed by atoms with Gasteiger partial charge in [0.2, 0.25) is 5.91 Å². The fourth-order valence-electron chi connectivity index (χ4n) is 9.69. The maximum atomic E-state index is 13.0. The molecular formula is C58H113NO8. The highest BCUT2D eigenvalue weighted by Gasteiger charge is 2.44. The molecule has 0 saturated carbocycles. The summed E-state index contributed by atoms with van der Waals surface area (Å²) in [6.45, 7) is 3.85. The Morgan fingerprint density at radius 3 is 1.21 bits per heavy atom. The van der Waals surface area contributed by atoms with E-state index >= 15 is 0 Å². The van der Waals surface area contributed by atoms with Crippen LogP contribution in [0.15, 0.2) is 12.2 Å². The minimum absolute atomic E-state index is 0.137. The Kier molecular flexibility index (Phi) is 46.3. The summed E-state index contributed by atoms with van der Waals surface area (Å²) in [4.78, 5) is 13.0. The Morgan fingerprint density at radius 1 is 0.493 bits per heavy atom. The van der Waals surface area contributed by atoms with Gasteiger partial charge in [-0.25, -0.2) is 0 Å². The van der Waals surface area contributed by atoms with Crippen LogP contribution < -0.4 is 5.32 Å². The number of ether oxygens (including phenoxy) is 2. The number of unbranched alkanes of at least 4 members (excludes halogenated alkanes) is 39. The van der Waals surface area contributed by atoms with Gasteiger partial charge in [0.1, 0.15) is 24.4 Å². The van der Waals surface area contributed by atoms with Crippen LogP contribution in [0.2, 0.25) is 0 Å². The number of allylic oxidation sites excluding steroid dienone is 2. The van der Waals surface area contributed by atoms with Gasteiger partial charge < -0.3 is 40.3 Å². The average molecular weight is 953 g/mol. The monoisotopic (exact) mass is 952 g/mol. The van der Waals surface area contributed by atoms with Crippen molar-refractivity contribution in [3.8, 4) is 0 Å². The molecule has 1 saturated heterocycles. The van der Waals surface area contributed by atoms with Gasteiger partial charge in [-0.05, 0) is 38.5 Å². The highest BCUT2D eigenvalue weighted by molar-refractivity contribution is 5.76. The van der Waals surface area contributed by atoms with Crippen LogP contribution in [-0.2, 0) is 14.3 Å². The SMILES string of the molecule is CCCCCCC/C=C\CCCCCCCC(=O)NC(COC1OC(CO)C(O)C(O)C1O)C(O)CCCCCCCCCCCCCCCCCCCCCCCCCCCCCCCC. The van der Waals surface area contributed by atoms with Crippen molar-refractivity contribution in [1.82, 2.24) is 5.32 Å². The van der Waals surface area contributed by atoms with Crippen molar-refractivity contribution in [3.63, 3.8) is 0 Å². The van der Waals surface area contributed by atoms with Crippen molar-refractivity contribution in [2.24, 2.45) is 0 Å². The lowest BCUT2D eigenvalue weighted by molar-refractivity contribution is -0.302. The molecule has 67 heavy (non-hydrogen) atoms. The molecule has 1 heterocycles. The van der Waals surface area contributed by atoms with Gasteiger partial charge >= 0.3 is 0 Å². The van der Waals surface area contributed by atoms with E-state index in [1.807, 2.05) is 0 Å². The third-order valence-electron chi connectivity index (χ3n) is 14.4. The van der Waals surface area contributed by atoms with Crippen molar-refractivity contribution in [1.29, 1.82) is 0 Å². The minimum atomic E-state index is -1.55. The molecule has 0 aromatic rings. The van der Waals surface area contributed by atoms with Gasteiger partial charge in [0.25, 0.3) is 0 Å². The summed E-state index contributed by atoms with van der Waals surface area (Å²) < 4.78 is 11.3. The lowest BCUT2D eigenvalue weighted by atomic mass is 9.99. The zero-order valence-electron chi connectivity index (χ0n) is 44.2. The van der Waals surface area contributed by atoms with Crippen LogP contribution in [0.3, 0.4) is 0 Å². The smallest absolute Gasteiger partial charge is 0.220 e. The van der Waals surface area contributed by atoms with Crippen LogP contribution in [0.4, 0.5) is 0 Å². The van der Waals surface area contributed by atoms with Crippen LogP contribution in [-0.4, -0.2) is 87.5 Å². The summed E-state index contributed by atoms with van der Waals surface area (Å²) in [7, 11) is 0. The standard InChI is InChI=1S/C58H113NO8/c1-3-5-7-9-11-13-15-17-19-20-21-22-23-24-25-26-27-28-29-30-31-32-33-34-35-37-39-41-43-45-47-52(61)51(50-66-58-57(65)56(64)55(63)53(49-60)67-58)59-54(62)48-46-44-42-40-38-36-18-16-14-12-10-8-6-4-2/h16,18,51-53,55-58,60-61,63-65H,3-15,17,19-50H2,1-2H3,(H,59,62)/b18-16-. The molecule has 1 amide bonds. The zero-order valence-corrected chi connectivity index (χ0v) is 44.2. The Balaban J connectivity index is 2.13. The summed E-state index contributed by atoms with van der Waals surface area (Å²) >= 11 is 0. The number of aliphatic hydroxyl groups is 5. The molecule has 9 nitrogen and oxygen atoms in total. The second-order valence-electron chi connectivity index (χ2n) is 20.8. The Hall–Kier alpha value is -1.07. The summed E-state index contributed by atoms with van der Waals surface area (Å²) in [5, 5.41) is 54.6. The minimum Gasteiger partial charge on any atom is -0.394 e. The number of carbonyl (C=O) groups is 1. The second-order valence-corrected chi connectivity index (χ2v) is 20.8. The van der Waals surface area contributed by atoms with Crippen molar-refractivity contribution in [2.45, 2.75) is 339 Å². The summed E-state index contributed by atoms with van der Waals surface area (Å²) in [6, 6.07) is -0.720. The van der Waals surface area contributed by atoms with Crippen LogP contribution in [0.5, 0.6) is 0 Å². The first-order valence-corrected chi connectivity index (χ1v) is 29.4. The molecule has 1 aliphatic rings. The number of aliphatic hydroxyl groups excluding tert-OH is 5. The molecule has 1 rings (SSSR count). The molecule has 0 aromatic heterocycles. The zero-order chi connectivity index (χ0) is 48.7. The molecule has 9 heteroatoms. The fourth-order valence-corrected chi connectivity index (χ4v) is 9.69. The van der Waals surface area contributed by atoms with Gasteiger partial charge in [-0.2, -0.15) is 0 Å². The van der Waals surface area contributed by atoms with Gasteiger partial charge in [0, 0.05) is 6.42 Å². The predicted octanol–water partition coefficient (Wildman–Crippen LogP) is 14.4. The molecule has 6 N–H and O–H groups in total. The Labute approximate surface area is 414 Å². The largest absolute Gasteiger partial charge is 0.394 e. The van der Waals surface area contributed by atoms with Crippen molar-refractivity contribution in [3.05, 3.63) is 12.2 Å². The van der Waals surface area contributed by atoms with E-state index in [1.54, 1.807) is 0 Å². The molecular weight excluding hydrogens is 839 g/mol. The Bertz CT molecular complexity index is 1060. The van der Waals surface area contributed by atoms with Gasteiger partial charge in [-0.3, -0.25) is 4.79 Å². The number of carbonyl (C=O) groups excluding carboxylic acids is 1. The molecule has 0 spiro atoms. The van der Waals surface area contributed by atoms with E-state index in [2.05, 4.69) is 31.3 Å². The van der Waals surface area contributed by atoms with Crippen LogP contribution >= 0.6 is 0 Å². The average Bonchev–Trinajstić information content (AvgIpc) is 3.33. The fraction of sp³-hybridized carbons (Fsp3) is 0.948. The van der Waals surface area contributed by atoms with Crippen molar-refractivity contribution < 1.29 is 39.8 Å². The molecule has 7 atom stereocenters. The molecule has 1 aliphatic heterocycles. The third-order valence-corrected chi connectivity index (χ3v) is 14.4. The molecule has 398 valence electrons. The highest BCUT2D eigenvalue weighted by atomic mass is 16.7. The first-order chi connectivity index (χ1) is 32.8. The van der Waals surface area contributed by atoms with E-state index in [1.165, 1.54) is 218 Å². The predicted molar refractivity (Wildman–Crippen MR) is 281 cm³/mol. The first kappa shape index (κ1) is 63.9. The summed E-state index contributed by atoms with van der Waals surface area (Å²) in [5.41, 5.74) is 0. The van der Waals surface area contributed by atoms with Crippen LogP contribution in [0, 0.1) is 0 Å². The number of amides is 1. The quantitative estimate of drug-likeness (QED) is 0.0261. The normalized spacial score (nSPS) is 19.7. The maximum Gasteiger partial charge on any atom is 0.220 e. The maximum absolute atomic E-state index is 13.0. The molecule has 0 radical (unpaired) electrons.